The second-order valence-electron chi connectivity index (χ2n) is 9.06. The molecule has 1 aliphatic rings. The maximum absolute atomic E-state index is 13.3. The highest BCUT2D eigenvalue weighted by Crippen LogP contribution is 2.46. The lowest BCUT2D eigenvalue weighted by Gasteiger charge is -2.39. The Balaban J connectivity index is 2.52. The summed E-state index contributed by atoms with van der Waals surface area (Å²) < 4.78 is 10.2. The first-order chi connectivity index (χ1) is 16.1. The highest BCUT2D eigenvalue weighted by molar-refractivity contribution is 6.06. The maximum atomic E-state index is 13.3. The number of anilines is 1. The van der Waals surface area contributed by atoms with Crippen LogP contribution in [-0.2, 0) is 24.5 Å². The van der Waals surface area contributed by atoms with Crippen molar-refractivity contribution in [2.45, 2.75) is 39.0 Å². The number of carbonyl (C=O) groups excluding carboxylic acids is 2. The number of methoxy groups -OCH3 is 2. The number of ether oxygens (including phenoxy) is 2. The van der Waals surface area contributed by atoms with E-state index in [2.05, 4.69) is 6.07 Å². The third-order valence-corrected chi connectivity index (χ3v) is 5.88. The quantitative estimate of drug-likeness (QED) is 0.683. The van der Waals surface area contributed by atoms with Gasteiger partial charge in [-0.25, -0.2) is 9.59 Å². The van der Waals surface area contributed by atoms with Crippen LogP contribution in [0.25, 0.3) is 0 Å². The summed E-state index contributed by atoms with van der Waals surface area (Å²) in [7, 11) is 2.47. The lowest BCUT2D eigenvalue weighted by Crippen LogP contribution is -2.42. The smallest absolute Gasteiger partial charge is 0.355 e. The number of rotatable bonds is 4. The van der Waals surface area contributed by atoms with Gasteiger partial charge < -0.3 is 15.2 Å². The Bertz CT molecular complexity index is 1230. The molecule has 0 saturated heterocycles. The average Bonchev–Trinajstić information content (AvgIpc) is 2.82. The van der Waals surface area contributed by atoms with E-state index in [0.717, 1.165) is 11.1 Å². The van der Waals surface area contributed by atoms with Crippen LogP contribution in [0, 0.1) is 18.3 Å². The van der Waals surface area contributed by atoms with Crippen molar-refractivity contribution in [2.24, 2.45) is 5.73 Å². The molecule has 1 atom stereocenters. The van der Waals surface area contributed by atoms with Crippen LogP contribution >= 0.6 is 0 Å². The van der Waals surface area contributed by atoms with Crippen LogP contribution < -0.4 is 10.6 Å². The molecule has 0 fully saturated rings. The third-order valence-electron chi connectivity index (χ3n) is 5.88. The van der Waals surface area contributed by atoms with E-state index in [-0.39, 0.29) is 28.1 Å². The van der Waals surface area contributed by atoms with E-state index < -0.39 is 17.9 Å². The van der Waals surface area contributed by atoms with Gasteiger partial charge in [0.25, 0.3) is 0 Å². The van der Waals surface area contributed by atoms with Crippen molar-refractivity contribution in [1.82, 2.24) is 0 Å². The van der Waals surface area contributed by atoms with Gasteiger partial charge in [-0.3, -0.25) is 4.90 Å². The number of carbonyl (C=O) groups is 2. The van der Waals surface area contributed by atoms with Crippen LogP contribution in [-0.4, -0.2) is 26.2 Å². The molecule has 0 amide bonds. The fourth-order valence-electron chi connectivity index (χ4n) is 4.31. The number of hydrogen-bond acceptors (Lipinski definition) is 7. The number of aryl methyl sites for hydroxylation is 1. The Labute approximate surface area is 200 Å². The van der Waals surface area contributed by atoms with E-state index in [0.29, 0.717) is 11.3 Å². The van der Waals surface area contributed by atoms with Gasteiger partial charge in [-0.1, -0.05) is 69.3 Å². The molecule has 1 unspecified atom stereocenters. The predicted octanol–water partition coefficient (Wildman–Crippen LogP) is 4.19. The van der Waals surface area contributed by atoms with Gasteiger partial charge in [-0.2, -0.15) is 5.26 Å². The minimum Gasteiger partial charge on any atom is -0.466 e. The topological polar surface area (TPSA) is 106 Å². The van der Waals surface area contributed by atoms with Crippen LogP contribution in [0.1, 0.15) is 43.4 Å². The molecule has 7 heteroatoms. The molecule has 34 heavy (non-hydrogen) atoms. The van der Waals surface area contributed by atoms with Gasteiger partial charge >= 0.3 is 11.9 Å². The molecule has 0 saturated carbocycles. The van der Waals surface area contributed by atoms with Crippen LogP contribution in [0.4, 0.5) is 5.69 Å². The van der Waals surface area contributed by atoms with E-state index in [4.69, 9.17) is 15.2 Å². The number of para-hydroxylation sites is 1. The monoisotopic (exact) mass is 459 g/mol. The summed E-state index contributed by atoms with van der Waals surface area (Å²) in [5.41, 5.74) is 9.33. The summed E-state index contributed by atoms with van der Waals surface area (Å²) >= 11 is 0. The molecule has 176 valence electrons. The average molecular weight is 460 g/mol. The zero-order valence-electron chi connectivity index (χ0n) is 20.3. The minimum atomic E-state index is -0.897. The van der Waals surface area contributed by atoms with Crippen molar-refractivity contribution < 1.29 is 19.1 Å². The standard InChI is InChI=1S/C27H29N3O4/c1-16-11-10-14-19(27(2,3)4)22(16)30-23(26(32)34-6)21(25(31)33-5)20(18(15-28)24(30)29)17-12-8-7-9-13-17/h7-14,20H,29H2,1-6H3. The molecule has 0 bridgehead atoms. The van der Waals surface area contributed by atoms with Crippen LogP contribution in [0.5, 0.6) is 0 Å². The van der Waals surface area contributed by atoms with E-state index in [1.165, 1.54) is 19.1 Å². The molecule has 0 spiro atoms. The number of allylic oxidation sites excluding steroid dienone is 1. The molecule has 2 aromatic rings. The molecule has 3 rings (SSSR count). The van der Waals surface area contributed by atoms with E-state index in [1.54, 1.807) is 24.3 Å². The van der Waals surface area contributed by atoms with Crippen molar-refractivity contribution >= 4 is 17.6 Å². The highest BCUT2D eigenvalue weighted by atomic mass is 16.5. The molecule has 0 radical (unpaired) electrons. The predicted molar refractivity (Wildman–Crippen MR) is 129 cm³/mol. The van der Waals surface area contributed by atoms with Crippen LogP contribution in [0.2, 0.25) is 0 Å². The van der Waals surface area contributed by atoms with Gasteiger partial charge in [0.1, 0.15) is 11.5 Å². The zero-order valence-corrected chi connectivity index (χ0v) is 20.3. The van der Waals surface area contributed by atoms with Gasteiger partial charge in [0.15, 0.2) is 0 Å². The number of nitrogens with zero attached hydrogens (tertiary/aromatic N) is 2. The van der Waals surface area contributed by atoms with E-state index in [1.807, 2.05) is 52.0 Å². The summed E-state index contributed by atoms with van der Waals surface area (Å²) in [5, 5.41) is 10.2. The molecule has 0 aliphatic carbocycles. The Morgan fingerprint density at radius 2 is 1.62 bits per heavy atom. The first-order valence-electron chi connectivity index (χ1n) is 10.8. The Morgan fingerprint density at radius 1 is 1.00 bits per heavy atom. The minimum absolute atomic E-state index is 0.00517. The van der Waals surface area contributed by atoms with Gasteiger partial charge in [-0.15, -0.1) is 0 Å². The van der Waals surface area contributed by atoms with Crippen molar-refractivity contribution in [3.05, 3.63) is 87.9 Å². The molecule has 2 N–H and O–H groups in total. The fourth-order valence-corrected chi connectivity index (χ4v) is 4.31. The Morgan fingerprint density at radius 3 is 2.15 bits per heavy atom. The number of benzene rings is 2. The van der Waals surface area contributed by atoms with Crippen molar-refractivity contribution in [1.29, 1.82) is 5.26 Å². The SMILES string of the molecule is COC(=O)C1=C(C(=O)OC)N(c2c(C)cccc2C(C)(C)C)C(N)=C(C#N)C1c1ccccc1. The lowest BCUT2D eigenvalue weighted by molar-refractivity contribution is -0.139. The molecule has 1 aliphatic heterocycles. The highest BCUT2D eigenvalue weighted by Gasteiger charge is 2.44. The number of esters is 2. The summed E-state index contributed by atoms with van der Waals surface area (Å²) in [4.78, 5) is 28.0. The fraction of sp³-hybridized carbons (Fsp3) is 0.296. The van der Waals surface area contributed by atoms with Crippen molar-refractivity contribution in [2.75, 3.05) is 19.1 Å². The molecule has 2 aromatic carbocycles. The molecule has 0 aromatic heterocycles. The Hall–Kier alpha value is -4.05. The van der Waals surface area contributed by atoms with Crippen LogP contribution in [0.3, 0.4) is 0 Å². The lowest BCUT2D eigenvalue weighted by atomic mass is 9.79. The second kappa shape index (κ2) is 9.44. The number of nitrogens with two attached hydrogens (primary N) is 1. The Kier molecular flexibility index (Phi) is 6.83. The largest absolute Gasteiger partial charge is 0.466 e. The maximum Gasteiger partial charge on any atom is 0.355 e. The summed E-state index contributed by atoms with van der Waals surface area (Å²) in [6.45, 7) is 8.00. The number of nitriles is 1. The summed E-state index contributed by atoms with van der Waals surface area (Å²) in [6, 6.07) is 16.9. The van der Waals surface area contributed by atoms with E-state index in [9.17, 15) is 14.9 Å². The normalized spacial score (nSPS) is 16.3. The third kappa shape index (κ3) is 4.15. The van der Waals surface area contributed by atoms with Gasteiger partial charge in [0.2, 0.25) is 0 Å². The summed E-state index contributed by atoms with van der Waals surface area (Å²) in [6.07, 6.45) is 0. The molecule has 7 nitrogen and oxygen atoms in total. The summed E-state index contributed by atoms with van der Waals surface area (Å²) in [5.74, 6) is -2.34. The first kappa shape index (κ1) is 24.6. The van der Waals surface area contributed by atoms with Gasteiger partial charge in [-0.05, 0) is 29.0 Å². The molecule has 1 heterocycles. The van der Waals surface area contributed by atoms with Gasteiger partial charge in [0, 0.05) is 0 Å². The second-order valence-corrected chi connectivity index (χ2v) is 9.06. The molecular weight excluding hydrogens is 430 g/mol. The number of hydrogen-bond donors (Lipinski definition) is 1. The van der Waals surface area contributed by atoms with Crippen molar-refractivity contribution in [3.8, 4) is 6.07 Å². The van der Waals surface area contributed by atoms with E-state index >= 15 is 0 Å². The van der Waals surface area contributed by atoms with Gasteiger partial charge in [0.05, 0.1) is 43.0 Å². The van der Waals surface area contributed by atoms with Crippen molar-refractivity contribution in [3.63, 3.8) is 0 Å². The zero-order chi connectivity index (χ0) is 25.2. The first-order valence-corrected chi connectivity index (χ1v) is 10.8. The molecular formula is C27H29N3O4. The van der Waals surface area contributed by atoms with Crippen LogP contribution in [0.15, 0.2) is 71.2 Å².